The number of nitrogens with two attached hydrogens (primary N) is 1. The van der Waals surface area contributed by atoms with Crippen molar-refractivity contribution in [3.8, 4) is 0 Å². The average Bonchev–Trinajstić information content (AvgIpc) is 2.70. The van der Waals surface area contributed by atoms with Crippen molar-refractivity contribution in [2.24, 2.45) is 5.73 Å². The fourth-order valence-electron chi connectivity index (χ4n) is 3.53. The lowest BCUT2D eigenvalue weighted by atomic mass is 9.89. The van der Waals surface area contributed by atoms with E-state index < -0.39 is 0 Å². The Morgan fingerprint density at radius 3 is 2.58 bits per heavy atom. The van der Waals surface area contributed by atoms with Gasteiger partial charge < -0.3 is 10.8 Å². The normalized spacial score (nSPS) is 26.5. The summed E-state index contributed by atoms with van der Waals surface area (Å²) in [6, 6.07) is 9.95. The highest BCUT2D eigenvalue weighted by Crippen LogP contribution is 2.44. The zero-order valence-corrected chi connectivity index (χ0v) is 11.5. The molecule has 2 unspecified atom stereocenters. The molecule has 3 N–H and O–H groups in total. The van der Waals surface area contributed by atoms with E-state index in [1.807, 2.05) is 0 Å². The van der Waals surface area contributed by atoms with Gasteiger partial charge in [0.2, 0.25) is 0 Å². The van der Waals surface area contributed by atoms with Crippen LogP contribution in [-0.4, -0.2) is 29.2 Å². The number of nitrogens with zero attached hydrogens (tertiary/aromatic N) is 1. The van der Waals surface area contributed by atoms with E-state index in [1.54, 1.807) is 0 Å². The third kappa shape index (κ3) is 2.42. The molecule has 0 spiro atoms. The molecule has 2 aliphatic carbocycles. The van der Waals surface area contributed by atoms with Crippen molar-refractivity contribution in [2.75, 3.05) is 13.2 Å². The van der Waals surface area contributed by atoms with Crippen molar-refractivity contribution in [1.82, 2.24) is 4.90 Å². The molecule has 0 amide bonds. The highest BCUT2D eigenvalue weighted by atomic mass is 16.3. The number of rotatable bonds is 5. The molecule has 19 heavy (non-hydrogen) atoms. The van der Waals surface area contributed by atoms with Crippen LogP contribution < -0.4 is 5.73 Å². The molecule has 0 aliphatic heterocycles. The largest absolute Gasteiger partial charge is 0.396 e. The van der Waals surface area contributed by atoms with Gasteiger partial charge in [0, 0.05) is 31.3 Å². The monoisotopic (exact) mass is 260 g/mol. The molecule has 2 atom stereocenters. The molecule has 3 rings (SSSR count). The summed E-state index contributed by atoms with van der Waals surface area (Å²) in [6.07, 6.45) is 5.85. The zero-order valence-electron chi connectivity index (χ0n) is 11.5. The molecule has 0 saturated heterocycles. The molecule has 0 radical (unpaired) electrons. The van der Waals surface area contributed by atoms with Crippen LogP contribution in [0.3, 0.4) is 0 Å². The Bertz CT molecular complexity index is 431. The average molecular weight is 260 g/mol. The Labute approximate surface area is 115 Å². The minimum absolute atomic E-state index is 0.179. The van der Waals surface area contributed by atoms with Crippen LogP contribution in [0.15, 0.2) is 24.3 Å². The van der Waals surface area contributed by atoms with Crippen LogP contribution in [-0.2, 0) is 0 Å². The molecular weight excluding hydrogens is 236 g/mol. The molecule has 1 aromatic carbocycles. The van der Waals surface area contributed by atoms with Crippen LogP contribution in [0.4, 0.5) is 0 Å². The SMILES string of the molecule is NC1CC(N(CCCO)C2CCC2)c2ccccc21. The Morgan fingerprint density at radius 2 is 1.95 bits per heavy atom. The van der Waals surface area contributed by atoms with Gasteiger partial charge in [-0.25, -0.2) is 0 Å². The quantitative estimate of drug-likeness (QED) is 0.854. The van der Waals surface area contributed by atoms with Crippen LogP contribution in [0.5, 0.6) is 0 Å². The second-order valence-corrected chi connectivity index (χ2v) is 5.89. The minimum Gasteiger partial charge on any atom is -0.396 e. The van der Waals surface area contributed by atoms with E-state index in [0.717, 1.165) is 19.4 Å². The number of fused-ring (bicyclic) bond motifs is 1. The molecule has 1 fully saturated rings. The maximum absolute atomic E-state index is 9.13. The summed E-state index contributed by atoms with van der Waals surface area (Å²) < 4.78 is 0. The van der Waals surface area contributed by atoms with Gasteiger partial charge in [-0.15, -0.1) is 0 Å². The lowest BCUT2D eigenvalue weighted by molar-refractivity contribution is 0.0694. The lowest BCUT2D eigenvalue weighted by Gasteiger charge is -2.41. The summed E-state index contributed by atoms with van der Waals surface area (Å²) in [5.41, 5.74) is 9.02. The predicted molar refractivity (Wildman–Crippen MR) is 76.8 cm³/mol. The fourth-order valence-corrected chi connectivity index (χ4v) is 3.53. The maximum Gasteiger partial charge on any atom is 0.0443 e. The van der Waals surface area contributed by atoms with E-state index in [1.165, 1.54) is 30.4 Å². The molecule has 2 aliphatic rings. The summed E-state index contributed by atoms with van der Waals surface area (Å²) in [6.45, 7) is 1.27. The molecule has 1 aromatic rings. The van der Waals surface area contributed by atoms with Crippen LogP contribution in [0.1, 0.15) is 55.3 Å². The number of hydrogen-bond donors (Lipinski definition) is 2. The fraction of sp³-hybridized carbons (Fsp3) is 0.625. The Hall–Kier alpha value is -0.900. The van der Waals surface area contributed by atoms with Crippen LogP contribution in [0, 0.1) is 0 Å². The van der Waals surface area contributed by atoms with Gasteiger partial charge in [0.15, 0.2) is 0 Å². The molecule has 0 bridgehead atoms. The Kier molecular flexibility index (Phi) is 3.87. The smallest absolute Gasteiger partial charge is 0.0443 e. The first-order valence-corrected chi connectivity index (χ1v) is 7.52. The first kappa shape index (κ1) is 13.1. The second kappa shape index (κ2) is 5.61. The molecule has 0 aromatic heterocycles. The predicted octanol–water partition coefficient (Wildman–Crippen LogP) is 2.37. The Balaban J connectivity index is 1.82. The van der Waals surface area contributed by atoms with Gasteiger partial charge >= 0.3 is 0 Å². The number of benzene rings is 1. The van der Waals surface area contributed by atoms with Crippen LogP contribution in [0.25, 0.3) is 0 Å². The van der Waals surface area contributed by atoms with E-state index in [2.05, 4.69) is 29.2 Å². The standard InChI is InChI=1S/C16H24N2O/c17-15-11-16(14-8-2-1-7-13(14)15)18(9-4-10-19)12-5-3-6-12/h1-2,7-8,12,15-16,19H,3-6,9-11,17H2. The molecule has 1 saturated carbocycles. The third-order valence-corrected chi connectivity index (χ3v) is 4.75. The summed E-state index contributed by atoms with van der Waals surface area (Å²) in [7, 11) is 0. The molecule has 0 heterocycles. The van der Waals surface area contributed by atoms with Crippen molar-refractivity contribution in [3.05, 3.63) is 35.4 Å². The van der Waals surface area contributed by atoms with Crippen molar-refractivity contribution in [3.63, 3.8) is 0 Å². The third-order valence-electron chi connectivity index (χ3n) is 4.75. The van der Waals surface area contributed by atoms with Crippen molar-refractivity contribution >= 4 is 0 Å². The summed E-state index contributed by atoms with van der Waals surface area (Å²) in [4.78, 5) is 2.60. The van der Waals surface area contributed by atoms with Gasteiger partial charge in [-0.2, -0.15) is 0 Å². The Morgan fingerprint density at radius 1 is 1.21 bits per heavy atom. The van der Waals surface area contributed by atoms with Crippen LogP contribution in [0.2, 0.25) is 0 Å². The highest BCUT2D eigenvalue weighted by molar-refractivity contribution is 5.37. The number of hydrogen-bond acceptors (Lipinski definition) is 3. The molecular formula is C16H24N2O. The van der Waals surface area contributed by atoms with E-state index in [4.69, 9.17) is 10.8 Å². The topological polar surface area (TPSA) is 49.5 Å². The summed E-state index contributed by atoms with van der Waals surface area (Å²) in [5.74, 6) is 0. The maximum atomic E-state index is 9.13. The van der Waals surface area contributed by atoms with E-state index in [9.17, 15) is 0 Å². The molecule has 3 heteroatoms. The summed E-state index contributed by atoms with van der Waals surface area (Å²) >= 11 is 0. The number of aliphatic hydroxyl groups is 1. The first-order valence-electron chi connectivity index (χ1n) is 7.52. The van der Waals surface area contributed by atoms with Gasteiger partial charge in [0.1, 0.15) is 0 Å². The minimum atomic E-state index is 0.179. The molecule has 104 valence electrons. The second-order valence-electron chi connectivity index (χ2n) is 5.89. The van der Waals surface area contributed by atoms with Gasteiger partial charge in [-0.05, 0) is 36.8 Å². The van der Waals surface area contributed by atoms with Crippen molar-refractivity contribution < 1.29 is 5.11 Å². The van der Waals surface area contributed by atoms with E-state index in [-0.39, 0.29) is 12.6 Å². The molecule has 3 nitrogen and oxygen atoms in total. The van der Waals surface area contributed by atoms with Crippen molar-refractivity contribution in [1.29, 1.82) is 0 Å². The van der Waals surface area contributed by atoms with Gasteiger partial charge in [-0.3, -0.25) is 4.90 Å². The van der Waals surface area contributed by atoms with Gasteiger partial charge in [-0.1, -0.05) is 30.7 Å². The lowest BCUT2D eigenvalue weighted by Crippen LogP contribution is -2.43. The zero-order chi connectivity index (χ0) is 13.2. The van der Waals surface area contributed by atoms with Crippen LogP contribution >= 0.6 is 0 Å². The first-order chi connectivity index (χ1) is 9.31. The van der Waals surface area contributed by atoms with Crippen molar-refractivity contribution in [2.45, 2.75) is 50.2 Å². The summed E-state index contributed by atoms with van der Waals surface area (Å²) in [5, 5.41) is 9.13. The van der Waals surface area contributed by atoms with E-state index >= 15 is 0 Å². The highest BCUT2D eigenvalue weighted by Gasteiger charge is 2.37. The number of aliphatic hydroxyl groups excluding tert-OH is 1. The van der Waals surface area contributed by atoms with Gasteiger partial charge in [0.05, 0.1) is 0 Å². The van der Waals surface area contributed by atoms with E-state index in [0.29, 0.717) is 12.1 Å². The van der Waals surface area contributed by atoms with Gasteiger partial charge in [0.25, 0.3) is 0 Å².